The van der Waals surface area contributed by atoms with E-state index in [1.165, 1.54) is 5.56 Å². The molecule has 0 unspecified atom stereocenters. The lowest BCUT2D eigenvalue weighted by Gasteiger charge is -2.12. The Morgan fingerprint density at radius 2 is 1.88 bits per heavy atom. The van der Waals surface area contributed by atoms with Crippen LogP contribution < -0.4 is 15.4 Å². The first-order valence-electron chi connectivity index (χ1n) is 8.36. The lowest BCUT2D eigenvalue weighted by atomic mass is 10.1. The van der Waals surface area contributed by atoms with Crippen LogP contribution in [0.25, 0.3) is 0 Å². The molecule has 0 aliphatic carbocycles. The van der Waals surface area contributed by atoms with Gasteiger partial charge in [-0.1, -0.05) is 12.1 Å². The van der Waals surface area contributed by atoms with Crippen LogP contribution in [-0.4, -0.2) is 43.0 Å². The molecule has 0 atom stereocenters. The van der Waals surface area contributed by atoms with E-state index in [0.29, 0.717) is 0 Å². The number of rotatable bonds is 9. The number of aryl methyl sites for hydroxylation is 2. The summed E-state index contributed by atoms with van der Waals surface area (Å²) in [4.78, 5) is 4.25. The predicted molar refractivity (Wildman–Crippen MR) is 113 cm³/mol. The van der Waals surface area contributed by atoms with Crippen LogP contribution in [0.1, 0.15) is 18.4 Å². The van der Waals surface area contributed by atoms with Crippen LogP contribution in [0.3, 0.4) is 0 Å². The summed E-state index contributed by atoms with van der Waals surface area (Å²) >= 11 is 0. The second kappa shape index (κ2) is 12.6. The van der Waals surface area contributed by atoms with E-state index in [4.69, 9.17) is 4.74 Å². The van der Waals surface area contributed by atoms with Crippen LogP contribution in [0, 0.1) is 0 Å². The molecule has 2 rings (SSSR count). The maximum Gasteiger partial charge on any atom is 0.190 e. The quantitative estimate of drug-likeness (QED) is 0.263. The summed E-state index contributed by atoms with van der Waals surface area (Å²) in [6.07, 6.45) is 6.88. The number of guanidine groups is 1. The van der Waals surface area contributed by atoms with Gasteiger partial charge >= 0.3 is 0 Å². The molecule has 1 aromatic heterocycles. The molecular weight excluding hydrogens is 429 g/mol. The van der Waals surface area contributed by atoms with Crippen molar-refractivity contribution in [3.05, 3.63) is 48.3 Å². The highest BCUT2D eigenvalue weighted by Gasteiger charge is 1.99. The third-order valence-corrected chi connectivity index (χ3v) is 3.73. The van der Waals surface area contributed by atoms with Crippen LogP contribution in [0.2, 0.25) is 0 Å². The van der Waals surface area contributed by atoms with Crippen molar-refractivity contribution in [3.63, 3.8) is 0 Å². The molecule has 0 fully saturated rings. The maximum atomic E-state index is 5.17. The topological polar surface area (TPSA) is 63.5 Å². The van der Waals surface area contributed by atoms with Crippen molar-refractivity contribution in [1.29, 1.82) is 0 Å². The van der Waals surface area contributed by atoms with Gasteiger partial charge in [0.25, 0.3) is 0 Å². The molecule has 0 radical (unpaired) electrons. The Balaban J connectivity index is 0.00000312. The summed E-state index contributed by atoms with van der Waals surface area (Å²) in [6, 6.07) is 10.2. The van der Waals surface area contributed by atoms with E-state index in [1.54, 1.807) is 20.4 Å². The minimum Gasteiger partial charge on any atom is -0.497 e. The zero-order valence-electron chi connectivity index (χ0n) is 14.9. The van der Waals surface area contributed by atoms with Gasteiger partial charge in [0.15, 0.2) is 5.96 Å². The second-order valence-corrected chi connectivity index (χ2v) is 5.50. The summed E-state index contributed by atoms with van der Waals surface area (Å²) in [7, 11) is 3.49. The fraction of sp³-hybridized carbons (Fsp3) is 0.444. The Morgan fingerprint density at radius 3 is 2.48 bits per heavy atom. The Morgan fingerprint density at radius 1 is 1.16 bits per heavy atom. The van der Waals surface area contributed by atoms with E-state index in [0.717, 1.165) is 50.6 Å². The Kier molecular flexibility index (Phi) is 10.7. The van der Waals surface area contributed by atoms with Gasteiger partial charge in [-0.3, -0.25) is 9.67 Å². The third-order valence-electron chi connectivity index (χ3n) is 3.73. The van der Waals surface area contributed by atoms with Crippen molar-refractivity contribution in [2.75, 3.05) is 27.2 Å². The summed E-state index contributed by atoms with van der Waals surface area (Å²) in [6.45, 7) is 2.68. The zero-order valence-corrected chi connectivity index (χ0v) is 17.3. The average molecular weight is 457 g/mol. The number of hydrogen-bond acceptors (Lipinski definition) is 3. The van der Waals surface area contributed by atoms with Gasteiger partial charge in [0.05, 0.1) is 7.11 Å². The fourth-order valence-corrected chi connectivity index (χ4v) is 2.39. The standard InChI is InChI=1S/C18H27N5O.HI/c1-19-18(21-12-4-14-23-15-5-13-22-23)20-11-3-6-16-7-9-17(24-2)10-8-16;/h5,7-10,13,15H,3-4,6,11-12,14H2,1-2H3,(H2,19,20,21);1H. The van der Waals surface area contributed by atoms with Gasteiger partial charge < -0.3 is 15.4 Å². The van der Waals surface area contributed by atoms with Gasteiger partial charge in [-0.2, -0.15) is 5.10 Å². The van der Waals surface area contributed by atoms with E-state index in [2.05, 4.69) is 32.9 Å². The molecule has 0 bridgehead atoms. The van der Waals surface area contributed by atoms with Crippen molar-refractivity contribution in [2.45, 2.75) is 25.8 Å². The molecule has 1 heterocycles. The number of nitrogens with one attached hydrogen (secondary N) is 2. The number of halogens is 1. The molecule has 0 spiro atoms. The van der Waals surface area contributed by atoms with Crippen molar-refractivity contribution in [3.8, 4) is 5.75 Å². The minimum atomic E-state index is 0. The zero-order chi connectivity index (χ0) is 17.0. The van der Waals surface area contributed by atoms with E-state index in [-0.39, 0.29) is 24.0 Å². The first-order chi connectivity index (χ1) is 11.8. The molecule has 0 amide bonds. The molecule has 6 nitrogen and oxygen atoms in total. The monoisotopic (exact) mass is 457 g/mol. The molecule has 25 heavy (non-hydrogen) atoms. The van der Waals surface area contributed by atoms with Crippen molar-refractivity contribution in [2.24, 2.45) is 4.99 Å². The fourth-order valence-electron chi connectivity index (χ4n) is 2.39. The number of aliphatic imine (C=N–C) groups is 1. The van der Waals surface area contributed by atoms with Gasteiger partial charge in [0.1, 0.15) is 5.75 Å². The lowest BCUT2D eigenvalue weighted by Crippen LogP contribution is -2.38. The molecule has 0 saturated carbocycles. The highest BCUT2D eigenvalue weighted by molar-refractivity contribution is 14.0. The number of aromatic nitrogens is 2. The first-order valence-corrected chi connectivity index (χ1v) is 8.36. The van der Waals surface area contributed by atoms with E-state index in [1.807, 2.05) is 29.1 Å². The molecule has 7 heteroatoms. The van der Waals surface area contributed by atoms with Crippen LogP contribution in [0.15, 0.2) is 47.7 Å². The molecule has 0 aliphatic heterocycles. The summed E-state index contributed by atoms with van der Waals surface area (Å²) in [5.74, 6) is 1.75. The largest absolute Gasteiger partial charge is 0.497 e. The van der Waals surface area contributed by atoms with Crippen molar-refractivity contribution in [1.82, 2.24) is 20.4 Å². The molecular formula is C18H28IN5O. The SMILES string of the molecule is CN=C(NCCCc1ccc(OC)cc1)NCCCn1cccn1.I. The van der Waals surface area contributed by atoms with Crippen molar-refractivity contribution >= 4 is 29.9 Å². The Bertz CT molecular complexity index is 598. The smallest absolute Gasteiger partial charge is 0.190 e. The molecule has 1 aromatic carbocycles. The molecule has 2 aromatic rings. The summed E-state index contributed by atoms with van der Waals surface area (Å²) < 4.78 is 7.11. The molecule has 138 valence electrons. The number of hydrogen-bond donors (Lipinski definition) is 2. The number of benzene rings is 1. The normalized spacial score (nSPS) is 10.9. The van der Waals surface area contributed by atoms with Gasteiger partial charge in [0.2, 0.25) is 0 Å². The number of methoxy groups -OCH3 is 1. The Hall–Kier alpha value is -1.77. The average Bonchev–Trinajstić information content (AvgIpc) is 3.14. The number of nitrogens with zero attached hydrogens (tertiary/aromatic N) is 3. The van der Waals surface area contributed by atoms with Gasteiger partial charge in [-0.05, 0) is 43.0 Å². The number of ether oxygens (including phenoxy) is 1. The molecule has 0 saturated heterocycles. The van der Waals surface area contributed by atoms with Gasteiger partial charge in [-0.15, -0.1) is 24.0 Å². The van der Waals surface area contributed by atoms with E-state index < -0.39 is 0 Å². The van der Waals surface area contributed by atoms with Gasteiger partial charge in [0, 0.05) is 39.1 Å². The highest BCUT2D eigenvalue weighted by Crippen LogP contribution is 2.12. The highest BCUT2D eigenvalue weighted by atomic mass is 127. The molecule has 2 N–H and O–H groups in total. The Labute approximate surface area is 167 Å². The van der Waals surface area contributed by atoms with Crippen LogP contribution >= 0.6 is 24.0 Å². The second-order valence-electron chi connectivity index (χ2n) is 5.50. The van der Waals surface area contributed by atoms with Crippen LogP contribution in [0.4, 0.5) is 0 Å². The predicted octanol–water partition coefficient (Wildman–Crippen LogP) is 2.70. The minimum absolute atomic E-state index is 0. The van der Waals surface area contributed by atoms with Gasteiger partial charge in [-0.25, -0.2) is 0 Å². The first kappa shape index (κ1) is 21.3. The summed E-state index contributed by atoms with van der Waals surface area (Å²) in [5, 5.41) is 10.9. The lowest BCUT2D eigenvalue weighted by molar-refractivity contribution is 0.414. The third kappa shape index (κ3) is 8.24. The maximum absolute atomic E-state index is 5.17. The van der Waals surface area contributed by atoms with Crippen LogP contribution in [0.5, 0.6) is 5.75 Å². The van der Waals surface area contributed by atoms with Crippen molar-refractivity contribution < 1.29 is 4.74 Å². The summed E-state index contributed by atoms with van der Waals surface area (Å²) in [5.41, 5.74) is 1.32. The molecule has 0 aliphatic rings. The van der Waals surface area contributed by atoms with Crippen LogP contribution in [-0.2, 0) is 13.0 Å². The van der Waals surface area contributed by atoms with E-state index >= 15 is 0 Å². The van der Waals surface area contributed by atoms with E-state index in [9.17, 15) is 0 Å².